The second kappa shape index (κ2) is 2.84. The van der Waals surface area contributed by atoms with Gasteiger partial charge in [0, 0.05) is 17.4 Å². The van der Waals surface area contributed by atoms with Crippen molar-refractivity contribution in [2.75, 3.05) is 6.61 Å². The summed E-state index contributed by atoms with van der Waals surface area (Å²) in [5.41, 5.74) is 1.97. The van der Waals surface area contributed by atoms with Crippen LogP contribution in [0.1, 0.15) is 35.7 Å². The van der Waals surface area contributed by atoms with E-state index in [1.807, 2.05) is 25.1 Å². The number of benzene rings is 1. The van der Waals surface area contributed by atoms with Crippen LogP contribution in [0.3, 0.4) is 0 Å². The average molecular weight is 202 g/mol. The van der Waals surface area contributed by atoms with Crippen LogP contribution in [-0.2, 0) is 6.42 Å². The number of ketones is 1. The van der Waals surface area contributed by atoms with Crippen molar-refractivity contribution in [3.8, 4) is 5.75 Å². The summed E-state index contributed by atoms with van der Waals surface area (Å²) in [6.07, 6.45) is 3.04. The Morgan fingerprint density at radius 2 is 2.20 bits per heavy atom. The highest BCUT2D eigenvalue weighted by Crippen LogP contribution is 2.48. The van der Waals surface area contributed by atoms with E-state index in [0.29, 0.717) is 0 Å². The van der Waals surface area contributed by atoms with Crippen molar-refractivity contribution in [3.63, 3.8) is 0 Å². The Morgan fingerprint density at radius 1 is 1.40 bits per heavy atom. The van der Waals surface area contributed by atoms with E-state index in [1.54, 1.807) is 0 Å². The minimum atomic E-state index is -0.0765. The second-order valence-electron chi connectivity index (χ2n) is 4.81. The second-order valence-corrected chi connectivity index (χ2v) is 4.81. The summed E-state index contributed by atoms with van der Waals surface area (Å²) in [6.45, 7) is 2.80. The van der Waals surface area contributed by atoms with Crippen LogP contribution in [-0.4, -0.2) is 12.4 Å². The molecule has 1 aromatic carbocycles. The van der Waals surface area contributed by atoms with Gasteiger partial charge in [-0.3, -0.25) is 4.79 Å². The molecule has 1 aliphatic heterocycles. The number of carbonyl (C=O) groups is 1. The fourth-order valence-corrected chi connectivity index (χ4v) is 2.07. The number of hydrogen-bond acceptors (Lipinski definition) is 2. The van der Waals surface area contributed by atoms with Crippen molar-refractivity contribution < 1.29 is 9.53 Å². The Bertz CT molecular complexity index is 430. The van der Waals surface area contributed by atoms with E-state index in [9.17, 15) is 4.79 Å². The molecule has 0 unspecified atom stereocenters. The van der Waals surface area contributed by atoms with E-state index in [0.717, 1.165) is 37.2 Å². The summed E-state index contributed by atoms with van der Waals surface area (Å²) in [7, 11) is 0. The topological polar surface area (TPSA) is 26.3 Å². The Kier molecular flexibility index (Phi) is 1.70. The quantitative estimate of drug-likeness (QED) is 0.689. The van der Waals surface area contributed by atoms with Gasteiger partial charge in [0.25, 0.3) is 0 Å². The lowest BCUT2D eigenvalue weighted by molar-refractivity contribution is 0.0912. The van der Waals surface area contributed by atoms with Crippen molar-refractivity contribution >= 4 is 5.78 Å². The molecule has 1 aliphatic carbocycles. The maximum atomic E-state index is 12.1. The molecule has 2 nitrogen and oxygen atoms in total. The third-order valence-corrected chi connectivity index (χ3v) is 3.51. The summed E-state index contributed by atoms with van der Waals surface area (Å²) in [4.78, 5) is 12.1. The van der Waals surface area contributed by atoms with E-state index in [1.165, 1.54) is 5.56 Å². The molecule has 0 aromatic heterocycles. The Hall–Kier alpha value is -1.31. The highest BCUT2D eigenvalue weighted by Gasteiger charge is 2.45. The molecule has 1 fully saturated rings. The van der Waals surface area contributed by atoms with Crippen molar-refractivity contribution in [1.29, 1.82) is 0 Å². The normalized spacial score (nSPS) is 20.6. The Labute approximate surface area is 89.2 Å². The first-order valence-corrected chi connectivity index (χ1v) is 5.50. The molecule has 0 spiro atoms. The molecule has 78 valence electrons. The molecule has 0 amide bonds. The molecule has 0 bridgehead atoms. The fraction of sp³-hybridized carbons (Fsp3) is 0.462. The van der Waals surface area contributed by atoms with Gasteiger partial charge in [0.2, 0.25) is 0 Å². The summed E-state index contributed by atoms with van der Waals surface area (Å²) in [5.74, 6) is 1.19. The van der Waals surface area contributed by atoms with Crippen LogP contribution < -0.4 is 4.74 Å². The van der Waals surface area contributed by atoms with Gasteiger partial charge in [-0.25, -0.2) is 0 Å². The molecule has 1 saturated carbocycles. The van der Waals surface area contributed by atoms with Crippen molar-refractivity contribution in [2.24, 2.45) is 5.41 Å². The largest absolute Gasteiger partial charge is 0.493 e. The lowest BCUT2D eigenvalue weighted by atomic mass is 9.95. The zero-order valence-electron chi connectivity index (χ0n) is 8.88. The lowest BCUT2D eigenvalue weighted by Crippen LogP contribution is -2.11. The number of ether oxygens (including phenoxy) is 1. The van der Waals surface area contributed by atoms with Gasteiger partial charge in [-0.2, -0.15) is 0 Å². The summed E-state index contributed by atoms with van der Waals surface area (Å²) in [5, 5.41) is 0. The standard InChI is InChI=1S/C13H14O2/c1-13(5-6-13)12(14)10-3-2-9-4-7-15-11(9)8-10/h2-3,8H,4-7H2,1H3. The van der Waals surface area contributed by atoms with E-state index >= 15 is 0 Å². The molecular formula is C13H14O2. The Balaban J connectivity index is 1.96. The van der Waals surface area contributed by atoms with Crippen LogP contribution in [0.25, 0.3) is 0 Å². The molecule has 2 heteroatoms. The summed E-state index contributed by atoms with van der Waals surface area (Å²) < 4.78 is 5.47. The fourth-order valence-electron chi connectivity index (χ4n) is 2.07. The maximum absolute atomic E-state index is 12.1. The van der Waals surface area contributed by atoms with Crippen LogP contribution >= 0.6 is 0 Å². The zero-order valence-corrected chi connectivity index (χ0v) is 8.88. The molecule has 1 aromatic rings. The maximum Gasteiger partial charge on any atom is 0.168 e. The minimum Gasteiger partial charge on any atom is -0.493 e. The van der Waals surface area contributed by atoms with Gasteiger partial charge >= 0.3 is 0 Å². The summed E-state index contributed by atoms with van der Waals surface area (Å²) in [6, 6.07) is 5.88. The lowest BCUT2D eigenvalue weighted by Gasteiger charge is -2.08. The molecule has 15 heavy (non-hydrogen) atoms. The molecule has 1 heterocycles. The van der Waals surface area contributed by atoms with Crippen LogP contribution in [0.2, 0.25) is 0 Å². The number of rotatable bonds is 2. The van der Waals surface area contributed by atoms with Crippen LogP contribution in [0.15, 0.2) is 18.2 Å². The average Bonchev–Trinajstić information content (AvgIpc) is 2.82. The van der Waals surface area contributed by atoms with Gasteiger partial charge < -0.3 is 4.74 Å². The highest BCUT2D eigenvalue weighted by atomic mass is 16.5. The van der Waals surface area contributed by atoms with Gasteiger partial charge in [0.1, 0.15) is 5.75 Å². The molecule has 0 saturated heterocycles. The summed E-state index contributed by atoms with van der Waals surface area (Å²) >= 11 is 0. The minimum absolute atomic E-state index is 0.0765. The van der Waals surface area contributed by atoms with Crippen LogP contribution in [0, 0.1) is 5.41 Å². The monoisotopic (exact) mass is 202 g/mol. The molecule has 2 aliphatic rings. The molecule has 0 atom stereocenters. The highest BCUT2D eigenvalue weighted by molar-refractivity contribution is 6.02. The number of carbonyl (C=O) groups excluding carboxylic acids is 1. The van der Waals surface area contributed by atoms with Gasteiger partial charge in [-0.1, -0.05) is 19.1 Å². The van der Waals surface area contributed by atoms with Crippen LogP contribution in [0.4, 0.5) is 0 Å². The molecule has 3 rings (SSSR count). The van der Waals surface area contributed by atoms with Crippen molar-refractivity contribution in [1.82, 2.24) is 0 Å². The van der Waals surface area contributed by atoms with Crippen molar-refractivity contribution in [2.45, 2.75) is 26.2 Å². The predicted molar refractivity (Wildman–Crippen MR) is 57.3 cm³/mol. The van der Waals surface area contributed by atoms with E-state index in [2.05, 4.69) is 0 Å². The smallest absolute Gasteiger partial charge is 0.168 e. The third kappa shape index (κ3) is 1.36. The molecule has 0 radical (unpaired) electrons. The number of fused-ring (bicyclic) bond motifs is 1. The predicted octanol–water partition coefficient (Wildman–Crippen LogP) is 2.60. The van der Waals surface area contributed by atoms with E-state index in [4.69, 9.17) is 4.74 Å². The first-order valence-electron chi connectivity index (χ1n) is 5.50. The first-order chi connectivity index (χ1) is 7.19. The van der Waals surface area contributed by atoms with E-state index < -0.39 is 0 Å². The van der Waals surface area contributed by atoms with Crippen LogP contribution in [0.5, 0.6) is 5.75 Å². The number of hydrogen-bond donors (Lipinski definition) is 0. The number of Topliss-reactive ketones (excluding diaryl/α,β-unsaturated/α-hetero) is 1. The SMILES string of the molecule is CC1(C(=O)c2ccc3c(c2)OCC3)CC1. The van der Waals surface area contributed by atoms with Gasteiger partial charge in [-0.05, 0) is 24.5 Å². The third-order valence-electron chi connectivity index (χ3n) is 3.51. The van der Waals surface area contributed by atoms with Gasteiger partial charge in [-0.15, -0.1) is 0 Å². The van der Waals surface area contributed by atoms with Crippen molar-refractivity contribution in [3.05, 3.63) is 29.3 Å². The molecule has 0 N–H and O–H groups in total. The van der Waals surface area contributed by atoms with E-state index in [-0.39, 0.29) is 11.2 Å². The van der Waals surface area contributed by atoms with Gasteiger partial charge in [0.15, 0.2) is 5.78 Å². The zero-order chi connectivity index (χ0) is 10.5. The molecular weight excluding hydrogens is 188 g/mol. The van der Waals surface area contributed by atoms with Gasteiger partial charge in [0.05, 0.1) is 6.61 Å². The first kappa shape index (κ1) is 8.96. The Morgan fingerprint density at radius 3 is 2.93 bits per heavy atom.